The predicted octanol–water partition coefficient (Wildman–Crippen LogP) is 1.85. The van der Waals surface area contributed by atoms with Gasteiger partial charge in [-0.25, -0.2) is 9.59 Å². The van der Waals surface area contributed by atoms with Gasteiger partial charge < -0.3 is 14.0 Å². The van der Waals surface area contributed by atoms with Gasteiger partial charge in [-0.1, -0.05) is 18.2 Å². The molecule has 0 aliphatic rings. The molecule has 0 aliphatic carbocycles. The van der Waals surface area contributed by atoms with Gasteiger partial charge in [-0.2, -0.15) is 0 Å². The highest BCUT2D eigenvalue weighted by Crippen LogP contribution is 2.31. The Morgan fingerprint density at radius 3 is 2.42 bits per heavy atom. The van der Waals surface area contributed by atoms with Crippen LogP contribution in [0.4, 0.5) is 0 Å². The van der Waals surface area contributed by atoms with Crippen LogP contribution in [0.5, 0.6) is 0 Å². The van der Waals surface area contributed by atoms with Crippen LogP contribution in [-0.2, 0) is 23.4 Å². The van der Waals surface area contributed by atoms with Crippen molar-refractivity contribution in [2.45, 2.75) is 12.8 Å². The zero-order chi connectivity index (χ0) is 14.3. The topological polar surface area (TPSA) is 78.9 Å². The number of hydrogen-bond acceptors (Lipinski definition) is 6. The van der Waals surface area contributed by atoms with Gasteiger partial charge in [-0.3, -0.25) is 4.57 Å². The Balaban J connectivity index is 2.80. The molecule has 0 spiro atoms. The molecule has 0 bridgehead atoms. The molecule has 0 saturated carbocycles. The van der Waals surface area contributed by atoms with Gasteiger partial charge in [0.1, 0.15) is 0 Å². The van der Waals surface area contributed by atoms with E-state index in [4.69, 9.17) is 9.26 Å². The number of benzene rings is 1. The number of methoxy groups -OCH3 is 1. The summed E-state index contributed by atoms with van der Waals surface area (Å²) in [6.07, 6.45) is 0. The maximum absolute atomic E-state index is 11.8. The predicted molar refractivity (Wildman–Crippen MR) is 68.3 cm³/mol. The molecule has 0 aromatic heterocycles. The van der Waals surface area contributed by atoms with E-state index in [1.807, 2.05) is 0 Å². The average molecular weight is 286 g/mol. The molecule has 0 aliphatic heterocycles. The largest absolute Gasteiger partial charge is 0.466 e. The monoisotopic (exact) mass is 286 g/mol. The lowest BCUT2D eigenvalue weighted by Crippen LogP contribution is -2.26. The lowest BCUT2D eigenvalue weighted by atomic mass is 10.2. The maximum atomic E-state index is 11.8. The summed E-state index contributed by atoms with van der Waals surface area (Å²) < 4.78 is 25.9. The van der Waals surface area contributed by atoms with Gasteiger partial charge in [-0.05, 0) is 19.1 Å². The van der Waals surface area contributed by atoms with Crippen LogP contribution in [0.2, 0.25) is 0 Å². The minimum Gasteiger partial charge on any atom is -0.466 e. The van der Waals surface area contributed by atoms with E-state index in [0.29, 0.717) is 0 Å². The summed E-state index contributed by atoms with van der Waals surface area (Å²) in [5.41, 5.74) is 0.253. The SMILES string of the molecule is CCO[PH](=O)C(OC(=O)c1ccccc1)C(=O)OC. The highest BCUT2D eigenvalue weighted by atomic mass is 31.1. The number of esters is 2. The maximum Gasteiger partial charge on any atom is 0.357 e. The molecule has 1 aromatic rings. The van der Waals surface area contributed by atoms with Gasteiger partial charge in [0.25, 0.3) is 5.85 Å². The van der Waals surface area contributed by atoms with E-state index in [9.17, 15) is 14.2 Å². The van der Waals surface area contributed by atoms with E-state index in [1.54, 1.807) is 25.1 Å². The number of ether oxygens (including phenoxy) is 2. The molecule has 0 saturated heterocycles. The minimum atomic E-state index is -2.86. The number of carbonyl (C=O) groups excluding carboxylic acids is 2. The van der Waals surface area contributed by atoms with Crippen LogP contribution in [0.1, 0.15) is 17.3 Å². The molecule has 104 valence electrons. The summed E-state index contributed by atoms with van der Waals surface area (Å²) in [7, 11) is -1.74. The fourth-order valence-electron chi connectivity index (χ4n) is 1.27. The first-order valence-corrected chi connectivity index (χ1v) is 7.00. The van der Waals surface area contributed by atoms with Crippen LogP contribution in [0.15, 0.2) is 30.3 Å². The first-order valence-electron chi connectivity index (χ1n) is 5.60. The van der Waals surface area contributed by atoms with E-state index in [0.717, 1.165) is 7.11 Å². The van der Waals surface area contributed by atoms with Crippen LogP contribution in [0.3, 0.4) is 0 Å². The van der Waals surface area contributed by atoms with Crippen molar-refractivity contribution < 1.29 is 28.2 Å². The molecule has 7 heteroatoms. The number of carbonyl (C=O) groups is 2. The second-order valence-corrected chi connectivity index (χ2v) is 4.88. The molecule has 0 fully saturated rings. The zero-order valence-electron chi connectivity index (χ0n) is 10.6. The van der Waals surface area contributed by atoms with E-state index in [2.05, 4.69) is 4.74 Å². The Kier molecular flexibility index (Phi) is 6.25. The molecule has 19 heavy (non-hydrogen) atoms. The Labute approximate surface area is 111 Å². The molecule has 6 nitrogen and oxygen atoms in total. The molecule has 0 N–H and O–H groups in total. The molecule has 0 amide bonds. The Morgan fingerprint density at radius 2 is 1.89 bits per heavy atom. The summed E-state index contributed by atoms with van der Waals surface area (Å²) in [5.74, 6) is -3.18. The van der Waals surface area contributed by atoms with Crippen molar-refractivity contribution in [3.8, 4) is 0 Å². The quantitative estimate of drug-likeness (QED) is 0.586. The molecule has 0 radical (unpaired) electrons. The van der Waals surface area contributed by atoms with E-state index in [-0.39, 0.29) is 12.2 Å². The highest BCUT2D eigenvalue weighted by molar-refractivity contribution is 7.41. The van der Waals surface area contributed by atoms with Gasteiger partial charge in [-0.15, -0.1) is 0 Å². The number of rotatable bonds is 6. The minimum absolute atomic E-state index is 0.147. The third-order valence-electron chi connectivity index (χ3n) is 2.15. The van der Waals surface area contributed by atoms with Crippen molar-refractivity contribution in [2.75, 3.05) is 13.7 Å². The van der Waals surface area contributed by atoms with Gasteiger partial charge in [0, 0.05) is 0 Å². The van der Waals surface area contributed by atoms with Crippen molar-refractivity contribution in [1.82, 2.24) is 0 Å². The van der Waals surface area contributed by atoms with Gasteiger partial charge in [0.2, 0.25) is 8.03 Å². The van der Waals surface area contributed by atoms with Crippen LogP contribution in [-0.4, -0.2) is 31.5 Å². The van der Waals surface area contributed by atoms with Gasteiger partial charge >= 0.3 is 11.9 Å². The van der Waals surface area contributed by atoms with Crippen LogP contribution >= 0.6 is 8.03 Å². The molecular formula is C12H15O6P. The third kappa shape index (κ3) is 4.50. The second-order valence-electron chi connectivity index (χ2n) is 3.43. The summed E-state index contributed by atoms with van der Waals surface area (Å²) >= 11 is 0. The Hall–Kier alpha value is -1.65. The highest BCUT2D eigenvalue weighted by Gasteiger charge is 2.31. The van der Waals surface area contributed by atoms with Crippen molar-refractivity contribution in [2.24, 2.45) is 0 Å². The normalized spacial score (nSPS) is 13.4. The molecule has 1 aromatic carbocycles. The van der Waals surface area contributed by atoms with Crippen LogP contribution in [0, 0.1) is 0 Å². The fraction of sp³-hybridized carbons (Fsp3) is 0.333. The van der Waals surface area contributed by atoms with Gasteiger partial charge in [0.05, 0.1) is 19.3 Å². The van der Waals surface area contributed by atoms with Crippen LogP contribution in [0.25, 0.3) is 0 Å². The van der Waals surface area contributed by atoms with E-state index < -0.39 is 25.8 Å². The first-order chi connectivity index (χ1) is 9.10. The standard InChI is InChI=1S/C12H15O6P/c1-3-17-19(15)12(11(14)16-2)18-10(13)9-7-5-4-6-8-9/h4-8,12,19H,3H2,1-2H3. The Bertz CT molecular complexity index is 459. The van der Waals surface area contributed by atoms with E-state index in [1.165, 1.54) is 12.1 Å². The second kappa shape index (κ2) is 7.71. The van der Waals surface area contributed by atoms with Crippen molar-refractivity contribution in [3.05, 3.63) is 35.9 Å². The summed E-state index contributed by atoms with van der Waals surface area (Å²) in [6.45, 7) is 1.77. The van der Waals surface area contributed by atoms with E-state index >= 15 is 0 Å². The fourth-order valence-corrected chi connectivity index (χ4v) is 2.22. The molecule has 1 rings (SSSR count). The lowest BCUT2D eigenvalue weighted by molar-refractivity contribution is -0.146. The molecule has 2 atom stereocenters. The molecule has 2 unspecified atom stereocenters. The average Bonchev–Trinajstić information content (AvgIpc) is 2.44. The first kappa shape index (κ1) is 15.4. The van der Waals surface area contributed by atoms with Crippen LogP contribution < -0.4 is 0 Å². The van der Waals surface area contributed by atoms with Crippen molar-refractivity contribution in [1.29, 1.82) is 0 Å². The summed E-state index contributed by atoms with van der Waals surface area (Å²) in [6, 6.07) is 8.07. The summed E-state index contributed by atoms with van der Waals surface area (Å²) in [4.78, 5) is 23.2. The summed E-state index contributed by atoms with van der Waals surface area (Å²) in [5, 5.41) is 0. The van der Waals surface area contributed by atoms with Gasteiger partial charge in [0.15, 0.2) is 0 Å². The lowest BCUT2D eigenvalue weighted by Gasteiger charge is -2.15. The Morgan fingerprint density at radius 1 is 1.26 bits per heavy atom. The molecule has 0 heterocycles. The van der Waals surface area contributed by atoms with Crippen molar-refractivity contribution >= 4 is 20.0 Å². The van der Waals surface area contributed by atoms with Crippen molar-refractivity contribution in [3.63, 3.8) is 0 Å². The smallest absolute Gasteiger partial charge is 0.357 e. The third-order valence-corrected chi connectivity index (χ3v) is 3.51. The molecular weight excluding hydrogens is 271 g/mol. The zero-order valence-corrected chi connectivity index (χ0v) is 11.6. The number of hydrogen-bond donors (Lipinski definition) is 0.